The van der Waals surface area contributed by atoms with Crippen LogP contribution in [-0.4, -0.2) is 21.2 Å². The van der Waals surface area contributed by atoms with Crippen LogP contribution in [0.1, 0.15) is 43.1 Å². The summed E-state index contributed by atoms with van der Waals surface area (Å²) in [6.45, 7) is 5.80. The minimum Gasteiger partial charge on any atom is -0.481 e. The number of benzene rings is 1. The molecule has 112 valence electrons. The van der Waals surface area contributed by atoms with E-state index < -0.39 is 11.4 Å². The van der Waals surface area contributed by atoms with Gasteiger partial charge < -0.3 is 9.63 Å². The molecule has 2 rings (SSSR count). The van der Waals surface area contributed by atoms with Gasteiger partial charge in [0.05, 0.1) is 6.42 Å². The highest BCUT2D eigenvalue weighted by Gasteiger charge is 2.25. The number of aromatic nitrogens is 2. The molecular formula is C16H20N2O3. The van der Waals surface area contributed by atoms with Gasteiger partial charge in [-0.3, -0.25) is 4.79 Å². The fraction of sp³-hybridized carbons (Fsp3) is 0.438. The average molecular weight is 288 g/mol. The Hall–Kier alpha value is -2.17. The van der Waals surface area contributed by atoms with Crippen LogP contribution < -0.4 is 0 Å². The van der Waals surface area contributed by atoms with E-state index in [9.17, 15) is 4.79 Å². The van der Waals surface area contributed by atoms with Crippen LogP contribution in [0.5, 0.6) is 0 Å². The van der Waals surface area contributed by atoms with Crippen LogP contribution in [0, 0.1) is 12.3 Å². The van der Waals surface area contributed by atoms with Crippen molar-refractivity contribution in [1.29, 1.82) is 0 Å². The second kappa shape index (κ2) is 6.08. The molecule has 1 N–H and O–H groups in total. The molecule has 2 aromatic rings. The number of aryl methyl sites for hydroxylation is 1. The van der Waals surface area contributed by atoms with Gasteiger partial charge in [0, 0.05) is 12.8 Å². The molecular weight excluding hydrogens is 268 g/mol. The lowest BCUT2D eigenvalue weighted by molar-refractivity contribution is -0.139. The third kappa shape index (κ3) is 4.70. The summed E-state index contributed by atoms with van der Waals surface area (Å²) in [5, 5.41) is 12.8. The first-order chi connectivity index (χ1) is 9.84. The van der Waals surface area contributed by atoms with Crippen molar-refractivity contribution in [3.05, 3.63) is 47.1 Å². The van der Waals surface area contributed by atoms with Gasteiger partial charge in [-0.1, -0.05) is 48.8 Å². The molecule has 21 heavy (non-hydrogen) atoms. The van der Waals surface area contributed by atoms with E-state index in [2.05, 4.69) is 10.1 Å². The standard InChI is InChI=1S/C16H20N2O3/c1-11-4-6-12(7-5-11)8-13-17-14(21-18-13)9-16(2,3)10-15(19)20/h4-7H,8-10H2,1-3H3,(H,19,20). The molecule has 0 aliphatic rings. The van der Waals surface area contributed by atoms with Gasteiger partial charge in [0.2, 0.25) is 5.89 Å². The maximum atomic E-state index is 10.8. The number of aliphatic carboxylic acids is 1. The van der Waals surface area contributed by atoms with E-state index in [-0.39, 0.29) is 6.42 Å². The van der Waals surface area contributed by atoms with Crippen molar-refractivity contribution in [2.45, 2.75) is 40.0 Å². The molecule has 0 atom stereocenters. The molecule has 0 aliphatic heterocycles. The summed E-state index contributed by atoms with van der Waals surface area (Å²) >= 11 is 0. The Morgan fingerprint density at radius 1 is 1.29 bits per heavy atom. The largest absolute Gasteiger partial charge is 0.481 e. The summed E-state index contributed by atoms with van der Waals surface area (Å²) in [4.78, 5) is 15.2. The Bertz CT molecular complexity index is 615. The second-order valence-corrected chi connectivity index (χ2v) is 6.18. The van der Waals surface area contributed by atoms with Crippen LogP contribution >= 0.6 is 0 Å². The number of carbonyl (C=O) groups is 1. The quantitative estimate of drug-likeness (QED) is 0.884. The van der Waals surface area contributed by atoms with Gasteiger partial charge in [-0.05, 0) is 17.9 Å². The van der Waals surface area contributed by atoms with Crippen molar-refractivity contribution in [3.63, 3.8) is 0 Å². The first-order valence-corrected chi connectivity index (χ1v) is 6.93. The summed E-state index contributed by atoms with van der Waals surface area (Å²) in [5.74, 6) is 0.294. The Morgan fingerprint density at radius 3 is 2.57 bits per heavy atom. The summed E-state index contributed by atoms with van der Waals surface area (Å²) in [7, 11) is 0. The third-order valence-electron chi connectivity index (χ3n) is 3.25. The number of rotatable bonds is 6. The number of carboxylic acid groups (broad SMARTS) is 1. The fourth-order valence-corrected chi connectivity index (χ4v) is 2.20. The summed E-state index contributed by atoms with van der Waals surface area (Å²) in [6, 6.07) is 8.18. The van der Waals surface area contributed by atoms with Gasteiger partial charge >= 0.3 is 5.97 Å². The Balaban J connectivity index is 2.01. The molecule has 0 saturated carbocycles. The molecule has 1 aromatic carbocycles. The molecule has 1 aromatic heterocycles. The number of hydrogen-bond acceptors (Lipinski definition) is 4. The Labute approximate surface area is 124 Å². The van der Waals surface area contributed by atoms with E-state index in [1.54, 1.807) is 0 Å². The number of carboxylic acids is 1. The molecule has 5 heteroatoms. The zero-order chi connectivity index (χ0) is 15.5. The van der Waals surface area contributed by atoms with E-state index in [0.717, 1.165) is 5.56 Å². The summed E-state index contributed by atoms with van der Waals surface area (Å²) in [6.07, 6.45) is 1.14. The minimum absolute atomic E-state index is 0.0721. The lowest BCUT2D eigenvalue weighted by Gasteiger charge is -2.19. The van der Waals surface area contributed by atoms with E-state index in [0.29, 0.717) is 24.6 Å². The highest BCUT2D eigenvalue weighted by molar-refractivity contribution is 5.67. The van der Waals surface area contributed by atoms with Crippen molar-refractivity contribution >= 4 is 5.97 Å². The van der Waals surface area contributed by atoms with Gasteiger partial charge in [-0.2, -0.15) is 4.98 Å². The maximum Gasteiger partial charge on any atom is 0.303 e. The van der Waals surface area contributed by atoms with Crippen LogP contribution in [0.25, 0.3) is 0 Å². The second-order valence-electron chi connectivity index (χ2n) is 6.18. The van der Waals surface area contributed by atoms with Gasteiger partial charge in [-0.25, -0.2) is 0 Å². The van der Waals surface area contributed by atoms with E-state index in [1.807, 2.05) is 45.0 Å². The Kier molecular flexibility index (Phi) is 4.40. The molecule has 0 radical (unpaired) electrons. The molecule has 0 spiro atoms. The molecule has 1 heterocycles. The zero-order valence-electron chi connectivity index (χ0n) is 12.6. The molecule has 0 amide bonds. The van der Waals surface area contributed by atoms with Crippen LogP contribution in [-0.2, 0) is 17.6 Å². The van der Waals surface area contributed by atoms with E-state index >= 15 is 0 Å². The summed E-state index contributed by atoms with van der Waals surface area (Å²) in [5.41, 5.74) is 1.93. The SMILES string of the molecule is Cc1ccc(Cc2noc(CC(C)(C)CC(=O)O)n2)cc1. The smallest absolute Gasteiger partial charge is 0.303 e. The van der Waals surface area contributed by atoms with Gasteiger partial charge in [0.25, 0.3) is 0 Å². The molecule has 0 aliphatic carbocycles. The van der Waals surface area contributed by atoms with Crippen molar-refractivity contribution in [2.75, 3.05) is 0 Å². The van der Waals surface area contributed by atoms with Crippen LogP contribution in [0.3, 0.4) is 0 Å². The zero-order valence-corrected chi connectivity index (χ0v) is 12.6. The predicted octanol–water partition coefficient (Wildman–Crippen LogP) is 3.01. The highest BCUT2D eigenvalue weighted by atomic mass is 16.5. The highest BCUT2D eigenvalue weighted by Crippen LogP contribution is 2.25. The summed E-state index contributed by atoms with van der Waals surface area (Å²) < 4.78 is 5.22. The lowest BCUT2D eigenvalue weighted by Crippen LogP contribution is -2.19. The van der Waals surface area contributed by atoms with Crippen LogP contribution in [0.2, 0.25) is 0 Å². The molecule has 0 fully saturated rings. The monoisotopic (exact) mass is 288 g/mol. The Morgan fingerprint density at radius 2 is 1.95 bits per heavy atom. The van der Waals surface area contributed by atoms with E-state index in [4.69, 9.17) is 9.63 Å². The third-order valence-corrected chi connectivity index (χ3v) is 3.25. The minimum atomic E-state index is -0.820. The van der Waals surface area contributed by atoms with Crippen molar-refractivity contribution in [1.82, 2.24) is 10.1 Å². The maximum absolute atomic E-state index is 10.8. The topological polar surface area (TPSA) is 76.2 Å². The van der Waals surface area contributed by atoms with Crippen LogP contribution in [0.4, 0.5) is 0 Å². The van der Waals surface area contributed by atoms with E-state index in [1.165, 1.54) is 5.56 Å². The number of hydrogen-bond donors (Lipinski definition) is 1. The van der Waals surface area contributed by atoms with Gasteiger partial charge in [-0.15, -0.1) is 0 Å². The first-order valence-electron chi connectivity index (χ1n) is 6.93. The first kappa shape index (κ1) is 15.2. The van der Waals surface area contributed by atoms with Crippen molar-refractivity contribution < 1.29 is 14.4 Å². The normalized spacial score (nSPS) is 11.6. The van der Waals surface area contributed by atoms with Crippen molar-refractivity contribution in [3.8, 4) is 0 Å². The molecule has 5 nitrogen and oxygen atoms in total. The number of nitrogens with zero attached hydrogens (tertiary/aromatic N) is 2. The molecule has 0 saturated heterocycles. The van der Waals surface area contributed by atoms with Gasteiger partial charge in [0.1, 0.15) is 0 Å². The fourth-order valence-electron chi connectivity index (χ4n) is 2.20. The van der Waals surface area contributed by atoms with Gasteiger partial charge in [0.15, 0.2) is 5.82 Å². The average Bonchev–Trinajstić information content (AvgIpc) is 2.77. The molecule has 0 bridgehead atoms. The van der Waals surface area contributed by atoms with Crippen LogP contribution in [0.15, 0.2) is 28.8 Å². The lowest BCUT2D eigenvalue weighted by atomic mass is 9.86. The van der Waals surface area contributed by atoms with Crippen molar-refractivity contribution in [2.24, 2.45) is 5.41 Å². The predicted molar refractivity (Wildman–Crippen MR) is 78.0 cm³/mol. The molecule has 0 unspecified atom stereocenters.